The molecule has 0 aliphatic heterocycles. The van der Waals surface area contributed by atoms with Gasteiger partial charge in [-0.3, -0.25) is 0 Å². The second kappa shape index (κ2) is 6.01. The maximum Gasteiger partial charge on any atom is 0.216 e. The van der Waals surface area contributed by atoms with Crippen LogP contribution >= 0.6 is 24.8 Å². The van der Waals surface area contributed by atoms with E-state index in [1.54, 1.807) is 0 Å². The largest absolute Gasteiger partial charge is 0.479 e. The molecule has 76 valence electrons. The van der Waals surface area contributed by atoms with Gasteiger partial charge in [-0.2, -0.15) is 0 Å². The Balaban J connectivity index is 2.36. The molecule has 1 N–H and O–H groups in total. The minimum Gasteiger partial charge on any atom is -0.479 e. The smallest absolute Gasteiger partial charge is 0.216 e. The molecular formula is C10H12O2S2. The maximum absolute atomic E-state index is 9.69. The van der Waals surface area contributed by atoms with E-state index in [1.165, 1.54) is 0 Å². The molecule has 0 aromatic heterocycles. The van der Waals surface area contributed by atoms with Gasteiger partial charge in [0.05, 0.1) is 12.7 Å². The predicted octanol–water partition coefficient (Wildman–Crippen LogP) is 2.34. The zero-order chi connectivity index (χ0) is 10.4. The second-order valence-electron chi connectivity index (χ2n) is 2.83. The number of benzene rings is 1. The van der Waals surface area contributed by atoms with Crippen molar-refractivity contribution in [3.05, 3.63) is 35.9 Å². The van der Waals surface area contributed by atoms with Crippen LogP contribution in [0.1, 0.15) is 18.1 Å². The summed E-state index contributed by atoms with van der Waals surface area (Å²) in [6.07, 6.45) is 0.0175. The average molecular weight is 228 g/mol. The molecule has 0 aliphatic rings. The third-order valence-corrected chi connectivity index (χ3v) is 2.05. The predicted molar refractivity (Wildman–Crippen MR) is 63.6 cm³/mol. The fourth-order valence-corrected chi connectivity index (χ4v) is 1.27. The van der Waals surface area contributed by atoms with Crippen molar-refractivity contribution in [1.82, 2.24) is 0 Å². The summed E-state index contributed by atoms with van der Waals surface area (Å²) in [4.78, 5) is 0. The van der Waals surface area contributed by atoms with Gasteiger partial charge in [-0.25, -0.2) is 0 Å². The van der Waals surface area contributed by atoms with E-state index in [9.17, 15) is 5.11 Å². The standard InChI is InChI=1S/C10H12O2S2/c11-9(6-7-12-10(13)14)8-4-2-1-3-5-8/h1-5,9,11H,6-7H2,(H,13,14). The summed E-state index contributed by atoms with van der Waals surface area (Å²) in [6.45, 7) is 0.387. The zero-order valence-corrected chi connectivity index (χ0v) is 9.30. The highest BCUT2D eigenvalue weighted by Crippen LogP contribution is 2.15. The molecule has 1 atom stereocenters. The number of aliphatic hydroxyl groups excluding tert-OH is 1. The number of hydrogen-bond donors (Lipinski definition) is 2. The molecule has 14 heavy (non-hydrogen) atoms. The highest BCUT2D eigenvalue weighted by atomic mass is 32.1. The third-order valence-electron chi connectivity index (χ3n) is 1.80. The number of ether oxygens (including phenoxy) is 1. The van der Waals surface area contributed by atoms with Gasteiger partial charge in [0, 0.05) is 6.42 Å². The topological polar surface area (TPSA) is 29.5 Å². The number of thiol groups is 1. The molecule has 1 aromatic carbocycles. The SMILES string of the molecule is OC(CCOC(=S)S)c1ccccc1. The summed E-state index contributed by atoms with van der Waals surface area (Å²) < 4.78 is 5.18. The minimum atomic E-state index is -0.501. The van der Waals surface area contributed by atoms with Gasteiger partial charge >= 0.3 is 0 Å². The van der Waals surface area contributed by atoms with Gasteiger partial charge in [0.15, 0.2) is 0 Å². The minimum absolute atomic E-state index is 0.213. The first-order chi connectivity index (χ1) is 6.70. The molecular weight excluding hydrogens is 216 g/mol. The van der Waals surface area contributed by atoms with Crippen molar-refractivity contribution in [2.45, 2.75) is 12.5 Å². The van der Waals surface area contributed by atoms with Crippen molar-refractivity contribution in [2.75, 3.05) is 6.61 Å². The van der Waals surface area contributed by atoms with Crippen LogP contribution in [-0.2, 0) is 4.74 Å². The Hall–Kier alpha value is -0.580. The Morgan fingerprint density at radius 3 is 2.64 bits per heavy atom. The van der Waals surface area contributed by atoms with E-state index >= 15 is 0 Å². The van der Waals surface area contributed by atoms with Gasteiger partial charge in [0.1, 0.15) is 0 Å². The van der Waals surface area contributed by atoms with E-state index in [0.717, 1.165) is 5.56 Å². The summed E-state index contributed by atoms with van der Waals surface area (Å²) in [7, 11) is 0. The van der Waals surface area contributed by atoms with Crippen LogP contribution in [0.5, 0.6) is 0 Å². The fraction of sp³-hybridized carbons (Fsp3) is 0.300. The van der Waals surface area contributed by atoms with E-state index in [4.69, 9.17) is 4.74 Å². The molecule has 0 bridgehead atoms. The van der Waals surface area contributed by atoms with Crippen molar-refractivity contribution < 1.29 is 9.84 Å². The van der Waals surface area contributed by atoms with E-state index in [0.29, 0.717) is 13.0 Å². The van der Waals surface area contributed by atoms with Crippen LogP contribution < -0.4 is 0 Å². The first-order valence-electron chi connectivity index (χ1n) is 4.29. The number of rotatable bonds is 4. The first-order valence-corrected chi connectivity index (χ1v) is 5.14. The van der Waals surface area contributed by atoms with Gasteiger partial charge in [-0.1, -0.05) is 43.0 Å². The Morgan fingerprint density at radius 1 is 1.43 bits per heavy atom. The molecule has 1 aromatic rings. The van der Waals surface area contributed by atoms with Crippen molar-refractivity contribution in [1.29, 1.82) is 0 Å². The lowest BCUT2D eigenvalue weighted by Gasteiger charge is -2.10. The van der Waals surface area contributed by atoms with Crippen molar-refractivity contribution in [2.24, 2.45) is 0 Å². The number of hydrogen-bond acceptors (Lipinski definition) is 3. The van der Waals surface area contributed by atoms with Gasteiger partial charge in [-0.05, 0) is 17.8 Å². The van der Waals surface area contributed by atoms with E-state index < -0.39 is 6.10 Å². The summed E-state index contributed by atoms with van der Waals surface area (Å²) in [5.41, 5.74) is 0.890. The van der Waals surface area contributed by atoms with Gasteiger partial charge in [0.25, 0.3) is 0 Å². The molecule has 0 heterocycles. The molecule has 1 rings (SSSR count). The first kappa shape index (κ1) is 11.5. The van der Waals surface area contributed by atoms with Crippen molar-refractivity contribution >= 4 is 29.2 Å². The quantitative estimate of drug-likeness (QED) is 0.612. The lowest BCUT2D eigenvalue weighted by Crippen LogP contribution is -2.04. The molecule has 0 amide bonds. The zero-order valence-electron chi connectivity index (χ0n) is 7.59. The molecule has 0 spiro atoms. The lowest BCUT2D eigenvalue weighted by atomic mass is 10.1. The van der Waals surface area contributed by atoms with Crippen LogP contribution in [0.3, 0.4) is 0 Å². The summed E-state index contributed by atoms with van der Waals surface area (Å²) in [6, 6.07) is 9.45. The second-order valence-corrected chi connectivity index (χ2v) is 3.91. The Bertz CT molecular complexity index is 287. The van der Waals surface area contributed by atoms with E-state index in [1.807, 2.05) is 30.3 Å². The monoisotopic (exact) mass is 228 g/mol. The average Bonchev–Trinajstić information content (AvgIpc) is 2.18. The van der Waals surface area contributed by atoms with Crippen LogP contribution in [0.2, 0.25) is 0 Å². The third kappa shape index (κ3) is 4.09. The molecule has 0 aliphatic carbocycles. The number of thiocarbonyl (C=S) groups is 1. The molecule has 0 radical (unpaired) electrons. The molecule has 0 fully saturated rings. The van der Waals surface area contributed by atoms with Gasteiger partial charge in [0.2, 0.25) is 4.38 Å². The van der Waals surface area contributed by atoms with Crippen molar-refractivity contribution in [3.8, 4) is 0 Å². The highest BCUT2D eigenvalue weighted by molar-refractivity contribution is 8.10. The summed E-state index contributed by atoms with van der Waals surface area (Å²) >= 11 is 8.44. The Morgan fingerprint density at radius 2 is 2.07 bits per heavy atom. The Labute approximate surface area is 94.3 Å². The summed E-state index contributed by atoms with van der Waals surface area (Å²) in [5, 5.41) is 9.69. The van der Waals surface area contributed by atoms with Crippen LogP contribution in [0.25, 0.3) is 0 Å². The lowest BCUT2D eigenvalue weighted by molar-refractivity contribution is 0.140. The van der Waals surface area contributed by atoms with Gasteiger partial charge < -0.3 is 9.84 Å². The van der Waals surface area contributed by atoms with Crippen LogP contribution in [0.15, 0.2) is 30.3 Å². The highest BCUT2D eigenvalue weighted by Gasteiger charge is 2.06. The van der Waals surface area contributed by atoms with E-state index in [-0.39, 0.29) is 4.38 Å². The molecule has 1 unspecified atom stereocenters. The van der Waals surface area contributed by atoms with E-state index in [2.05, 4.69) is 24.8 Å². The van der Waals surface area contributed by atoms with Crippen LogP contribution in [-0.4, -0.2) is 16.1 Å². The fourth-order valence-electron chi connectivity index (χ4n) is 1.10. The van der Waals surface area contributed by atoms with Crippen LogP contribution in [0.4, 0.5) is 0 Å². The van der Waals surface area contributed by atoms with Crippen LogP contribution in [0, 0.1) is 0 Å². The molecule has 2 nitrogen and oxygen atoms in total. The summed E-state index contributed by atoms with van der Waals surface area (Å²) in [5.74, 6) is 0. The maximum atomic E-state index is 9.69. The Kier molecular flexibility index (Phi) is 4.93. The number of aliphatic hydroxyl groups is 1. The molecule has 0 saturated heterocycles. The molecule has 4 heteroatoms. The molecule has 0 saturated carbocycles. The normalized spacial score (nSPS) is 12.1. The van der Waals surface area contributed by atoms with Gasteiger partial charge in [-0.15, -0.1) is 0 Å². The van der Waals surface area contributed by atoms with Crippen molar-refractivity contribution in [3.63, 3.8) is 0 Å².